The highest BCUT2D eigenvalue weighted by molar-refractivity contribution is 6.02. The van der Waals surface area contributed by atoms with E-state index in [1.807, 2.05) is 76.5 Å². The van der Waals surface area contributed by atoms with Gasteiger partial charge in [-0.3, -0.25) is 14.5 Å². The van der Waals surface area contributed by atoms with Gasteiger partial charge in [0.25, 0.3) is 11.6 Å². The zero-order valence-electron chi connectivity index (χ0n) is 25.5. The molecule has 0 spiro atoms. The SMILES string of the molecule is COc1ccc2c3c4n(c2c1)C(C=C(C)C)OOC(C)(C)CC4N1C(=O)C2CCCN2C(=O)C1(O)C3OCC=C(C)C. The largest absolute Gasteiger partial charge is 0.497 e. The van der Waals surface area contributed by atoms with Gasteiger partial charge in [-0.2, -0.15) is 0 Å². The summed E-state index contributed by atoms with van der Waals surface area (Å²) < 4.78 is 14.1. The van der Waals surface area contributed by atoms with Crippen molar-refractivity contribution in [2.24, 2.45) is 0 Å². The maximum absolute atomic E-state index is 14.4. The van der Waals surface area contributed by atoms with Crippen molar-refractivity contribution in [3.63, 3.8) is 0 Å². The molecule has 1 N–H and O–H groups in total. The number of carbonyl (C=O) groups is 2. The van der Waals surface area contributed by atoms with Crippen molar-refractivity contribution in [2.45, 2.75) is 96.5 Å². The number of fused-ring (bicyclic) bond motifs is 6. The highest BCUT2D eigenvalue weighted by Crippen LogP contribution is 2.56. The first-order chi connectivity index (χ1) is 19.9. The van der Waals surface area contributed by atoms with Gasteiger partial charge in [0.2, 0.25) is 5.91 Å². The number of nitrogens with zero attached hydrogens (tertiary/aromatic N) is 3. The molecule has 10 nitrogen and oxygen atoms in total. The molecule has 2 saturated heterocycles. The van der Waals surface area contributed by atoms with Crippen LogP contribution in [0, 0.1) is 0 Å². The summed E-state index contributed by atoms with van der Waals surface area (Å²) in [5.74, 6) is -0.133. The van der Waals surface area contributed by atoms with E-state index in [0.29, 0.717) is 30.7 Å². The second kappa shape index (κ2) is 10.2. The van der Waals surface area contributed by atoms with Gasteiger partial charge in [-0.15, -0.1) is 0 Å². The summed E-state index contributed by atoms with van der Waals surface area (Å²) in [4.78, 5) is 43.9. The van der Waals surface area contributed by atoms with Gasteiger partial charge in [-0.05, 0) is 72.6 Å². The quantitative estimate of drug-likeness (QED) is 0.399. The second-order valence-electron chi connectivity index (χ2n) is 12.9. The molecule has 2 aromatic rings. The van der Waals surface area contributed by atoms with E-state index < -0.39 is 41.6 Å². The summed E-state index contributed by atoms with van der Waals surface area (Å²) in [5.41, 5.74) is 1.13. The minimum absolute atomic E-state index is 0.156. The number of piperazine rings is 1. The Morgan fingerprint density at radius 1 is 1.14 bits per heavy atom. The average Bonchev–Trinajstić information content (AvgIpc) is 3.54. The van der Waals surface area contributed by atoms with Crippen LogP contribution in [0.2, 0.25) is 0 Å². The molecule has 5 heterocycles. The van der Waals surface area contributed by atoms with Gasteiger partial charge < -0.3 is 24.0 Å². The number of allylic oxidation sites excluding steroid dienone is 2. The molecule has 0 saturated carbocycles. The van der Waals surface area contributed by atoms with Crippen molar-refractivity contribution in [1.82, 2.24) is 14.4 Å². The molecule has 1 aromatic carbocycles. The summed E-state index contributed by atoms with van der Waals surface area (Å²) in [6, 6.07) is 4.37. The predicted molar refractivity (Wildman–Crippen MR) is 155 cm³/mol. The molecule has 2 fully saturated rings. The van der Waals surface area contributed by atoms with Crippen LogP contribution in [0.15, 0.2) is 41.5 Å². The number of benzene rings is 1. The lowest BCUT2D eigenvalue weighted by Crippen LogP contribution is -2.74. The van der Waals surface area contributed by atoms with Crippen LogP contribution in [0.1, 0.15) is 90.4 Å². The number of aromatic nitrogens is 1. The lowest BCUT2D eigenvalue weighted by molar-refractivity contribution is -0.390. The zero-order chi connectivity index (χ0) is 30.1. The number of aliphatic hydroxyl groups is 1. The van der Waals surface area contributed by atoms with E-state index in [-0.39, 0.29) is 18.9 Å². The highest BCUT2D eigenvalue weighted by Gasteiger charge is 2.67. The Balaban J connectivity index is 1.72. The molecule has 4 aliphatic heterocycles. The van der Waals surface area contributed by atoms with Crippen LogP contribution in [0.3, 0.4) is 0 Å². The van der Waals surface area contributed by atoms with E-state index in [1.54, 1.807) is 12.0 Å². The van der Waals surface area contributed by atoms with Crippen LogP contribution in [0.4, 0.5) is 0 Å². The monoisotopic (exact) mass is 579 g/mol. The van der Waals surface area contributed by atoms with Gasteiger partial charge in [0.1, 0.15) is 23.5 Å². The normalized spacial score (nSPS) is 29.8. The van der Waals surface area contributed by atoms with Crippen LogP contribution >= 0.6 is 0 Å². The second-order valence-corrected chi connectivity index (χ2v) is 12.9. The summed E-state index contributed by atoms with van der Waals surface area (Å²) in [6.07, 6.45) is 3.56. The Bertz CT molecular complexity index is 1500. The Kier molecular flexibility index (Phi) is 7.04. The summed E-state index contributed by atoms with van der Waals surface area (Å²) in [5, 5.41) is 13.5. The topological polar surface area (TPSA) is 103 Å². The molecule has 10 heteroatoms. The molecule has 5 unspecified atom stereocenters. The molecule has 5 atom stereocenters. The zero-order valence-corrected chi connectivity index (χ0v) is 25.5. The first kappa shape index (κ1) is 28.9. The number of amides is 2. The predicted octanol–water partition coefficient (Wildman–Crippen LogP) is 4.85. The van der Waals surface area contributed by atoms with Crippen molar-refractivity contribution in [2.75, 3.05) is 20.3 Å². The summed E-state index contributed by atoms with van der Waals surface area (Å²) >= 11 is 0. The van der Waals surface area contributed by atoms with Gasteiger partial charge >= 0.3 is 0 Å². The molecule has 4 aliphatic rings. The number of hydrogen-bond donors (Lipinski definition) is 1. The van der Waals surface area contributed by atoms with Crippen LogP contribution in [0.25, 0.3) is 10.9 Å². The molecule has 0 aliphatic carbocycles. The smallest absolute Gasteiger partial charge is 0.279 e. The number of carbonyl (C=O) groups excluding carboxylic acids is 2. The number of hydrogen-bond acceptors (Lipinski definition) is 7. The van der Waals surface area contributed by atoms with E-state index in [9.17, 15) is 14.7 Å². The third-order valence-electron chi connectivity index (χ3n) is 8.81. The fourth-order valence-corrected chi connectivity index (χ4v) is 7.02. The molecule has 6 rings (SSSR count). The third kappa shape index (κ3) is 4.30. The number of methoxy groups -OCH3 is 1. The van der Waals surface area contributed by atoms with E-state index in [0.717, 1.165) is 27.7 Å². The molecule has 0 radical (unpaired) electrons. The van der Waals surface area contributed by atoms with Crippen molar-refractivity contribution >= 4 is 22.7 Å². The highest BCUT2D eigenvalue weighted by atomic mass is 17.2. The minimum Gasteiger partial charge on any atom is -0.497 e. The number of ether oxygens (including phenoxy) is 2. The van der Waals surface area contributed by atoms with Gasteiger partial charge in [-0.1, -0.05) is 17.2 Å². The van der Waals surface area contributed by atoms with Crippen molar-refractivity contribution < 1.29 is 33.9 Å². The Morgan fingerprint density at radius 2 is 1.90 bits per heavy atom. The number of rotatable bonds is 5. The first-order valence-electron chi connectivity index (χ1n) is 14.7. The maximum Gasteiger partial charge on any atom is 0.279 e. The molecular formula is C32H41N3O7. The van der Waals surface area contributed by atoms with Crippen molar-refractivity contribution in [3.8, 4) is 5.75 Å². The molecular weight excluding hydrogens is 538 g/mol. The van der Waals surface area contributed by atoms with Gasteiger partial charge in [0.15, 0.2) is 6.23 Å². The Hall–Kier alpha value is -3.18. The fraction of sp³-hybridized carbons (Fsp3) is 0.562. The van der Waals surface area contributed by atoms with Crippen molar-refractivity contribution in [3.05, 3.63) is 52.8 Å². The van der Waals surface area contributed by atoms with Gasteiger partial charge in [0.05, 0.1) is 31.0 Å². The first-order valence-corrected chi connectivity index (χ1v) is 14.7. The molecule has 42 heavy (non-hydrogen) atoms. The van der Waals surface area contributed by atoms with Gasteiger partial charge in [-0.25, -0.2) is 9.78 Å². The summed E-state index contributed by atoms with van der Waals surface area (Å²) in [6.45, 7) is 12.3. The molecule has 0 bridgehead atoms. The van der Waals surface area contributed by atoms with E-state index in [1.165, 1.54) is 4.90 Å². The van der Waals surface area contributed by atoms with Gasteiger partial charge in [0, 0.05) is 30.0 Å². The molecule has 2 amide bonds. The Morgan fingerprint density at radius 3 is 2.60 bits per heavy atom. The van der Waals surface area contributed by atoms with Crippen LogP contribution < -0.4 is 4.74 Å². The maximum atomic E-state index is 14.4. The molecule has 1 aromatic heterocycles. The lowest BCUT2D eigenvalue weighted by atomic mass is 9.79. The third-order valence-corrected chi connectivity index (χ3v) is 8.81. The van der Waals surface area contributed by atoms with Crippen LogP contribution in [0.5, 0.6) is 5.75 Å². The molecule has 226 valence electrons. The minimum atomic E-state index is -2.24. The van der Waals surface area contributed by atoms with Crippen LogP contribution in [-0.4, -0.2) is 68.9 Å². The lowest BCUT2D eigenvalue weighted by Gasteiger charge is -2.56. The van der Waals surface area contributed by atoms with Crippen LogP contribution in [-0.2, 0) is 24.1 Å². The van der Waals surface area contributed by atoms with E-state index >= 15 is 0 Å². The summed E-state index contributed by atoms with van der Waals surface area (Å²) in [7, 11) is 1.61. The fourth-order valence-electron chi connectivity index (χ4n) is 7.02. The van der Waals surface area contributed by atoms with E-state index in [2.05, 4.69) is 0 Å². The van der Waals surface area contributed by atoms with E-state index in [4.69, 9.17) is 19.2 Å². The average molecular weight is 580 g/mol. The standard InChI is InChI=1S/C32H41N3O7/c1-18(2)12-14-40-28-26-21-11-10-20(39-7)16-23(21)34-25(15-19(3)4)41-42-31(5,6)17-24(27(26)34)35-29(36)22-9-8-13-33(22)30(37)32(28,35)38/h10-12,15-16,22,24-25,28,38H,8-9,13-14,17H2,1-7H3. The van der Waals surface area contributed by atoms with Crippen molar-refractivity contribution in [1.29, 1.82) is 0 Å². The Labute approximate surface area is 246 Å².